The highest BCUT2D eigenvalue weighted by molar-refractivity contribution is 7.27. The van der Waals surface area contributed by atoms with E-state index in [0.717, 1.165) is 5.30 Å². The van der Waals surface area contributed by atoms with Crippen LogP contribution in [0.1, 0.15) is 11.1 Å². The summed E-state index contributed by atoms with van der Waals surface area (Å²) < 4.78 is 12.8. The first-order chi connectivity index (χ1) is 5.16. The van der Waals surface area contributed by atoms with Gasteiger partial charge in [0.15, 0.2) is 0 Å². The quantitative estimate of drug-likeness (QED) is 0.537. The summed E-state index contributed by atoms with van der Waals surface area (Å²) in [5.74, 6) is -0.448. The summed E-state index contributed by atoms with van der Waals surface area (Å²) in [5.41, 5.74) is 0.829. The Kier molecular flexibility index (Phi) is 2.22. The standard InChI is InChI=1S/C8H7FNP/c1-5-6(4-10)7(9)2-3-8(5)11/h2-3H,11H2,1H3. The summed E-state index contributed by atoms with van der Waals surface area (Å²) in [4.78, 5) is 0. The van der Waals surface area contributed by atoms with Crippen LogP contribution in [0, 0.1) is 24.1 Å². The van der Waals surface area contributed by atoms with Gasteiger partial charge in [0.2, 0.25) is 0 Å². The van der Waals surface area contributed by atoms with Gasteiger partial charge in [0, 0.05) is 0 Å². The van der Waals surface area contributed by atoms with Crippen LogP contribution in [0.25, 0.3) is 0 Å². The summed E-state index contributed by atoms with van der Waals surface area (Å²) in [6.07, 6.45) is 0. The van der Waals surface area contributed by atoms with Gasteiger partial charge in [-0.15, -0.1) is 9.24 Å². The Bertz CT molecular complexity index is 328. The lowest BCUT2D eigenvalue weighted by Gasteiger charge is -2.01. The molecule has 1 rings (SSSR count). The number of benzene rings is 1. The van der Waals surface area contributed by atoms with E-state index in [-0.39, 0.29) is 5.56 Å². The predicted octanol–water partition coefficient (Wildman–Crippen LogP) is 1.51. The van der Waals surface area contributed by atoms with Gasteiger partial charge in [-0.2, -0.15) is 5.26 Å². The van der Waals surface area contributed by atoms with Crippen molar-refractivity contribution in [2.45, 2.75) is 6.92 Å². The molecule has 0 bridgehead atoms. The molecule has 1 aromatic carbocycles. The zero-order valence-corrected chi connectivity index (χ0v) is 7.21. The summed E-state index contributed by atoms with van der Waals surface area (Å²) in [7, 11) is 2.46. The topological polar surface area (TPSA) is 23.8 Å². The van der Waals surface area contributed by atoms with Crippen LogP contribution in [-0.4, -0.2) is 0 Å². The van der Waals surface area contributed by atoms with E-state index in [2.05, 4.69) is 9.24 Å². The Morgan fingerprint density at radius 2 is 2.18 bits per heavy atom. The second kappa shape index (κ2) is 2.98. The minimum absolute atomic E-state index is 0.137. The highest BCUT2D eigenvalue weighted by Gasteiger charge is 2.05. The largest absolute Gasteiger partial charge is 0.206 e. The van der Waals surface area contributed by atoms with Gasteiger partial charge < -0.3 is 0 Å². The molecule has 1 aromatic rings. The summed E-state index contributed by atoms with van der Waals surface area (Å²) in [6, 6.07) is 4.75. The second-order valence-corrected chi connectivity index (χ2v) is 2.87. The predicted molar refractivity (Wildman–Crippen MR) is 45.2 cm³/mol. The molecule has 0 aromatic heterocycles. The fraction of sp³-hybridized carbons (Fsp3) is 0.125. The number of rotatable bonds is 0. The molecular weight excluding hydrogens is 160 g/mol. The van der Waals surface area contributed by atoms with Crippen molar-refractivity contribution in [3.63, 3.8) is 0 Å². The van der Waals surface area contributed by atoms with E-state index < -0.39 is 5.82 Å². The molecule has 0 aliphatic rings. The fourth-order valence-corrected chi connectivity index (χ4v) is 1.07. The molecule has 56 valence electrons. The van der Waals surface area contributed by atoms with Crippen LogP contribution in [0.5, 0.6) is 0 Å². The van der Waals surface area contributed by atoms with E-state index >= 15 is 0 Å². The first-order valence-corrected chi connectivity index (χ1v) is 3.69. The van der Waals surface area contributed by atoms with Gasteiger partial charge in [-0.05, 0) is 23.9 Å². The monoisotopic (exact) mass is 167 g/mol. The van der Waals surface area contributed by atoms with Crippen LogP contribution in [0.15, 0.2) is 12.1 Å². The van der Waals surface area contributed by atoms with E-state index in [1.54, 1.807) is 13.0 Å². The van der Waals surface area contributed by atoms with Crippen molar-refractivity contribution in [3.8, 4) is 6.07 Å². The molecule has 0 fully saturated rings. The third-order valence-corrected chi connectivity index (χ3v) is 2.19. The fourth-order valence-electron chi connectivity index (χ4n) is 0.832. The van der Waals surface area contributed by atoms with Crippen LogP contribution < -0.4 is 5.30 Å². The molecule has 1 atom stereocenters. The molecule has 0 heterocycles. The second-order valence-electron chi connectivity index (χ2n) is 2.25. The maximum Gasteiger partial charge on any atom is 0.141 e. The van der Waals surface area contributed by atoms with Gasteiger partial charge in [0.1, 0.15) is 11.9 Å². The molecule has 0 radical (unpaired) electrons. The van der Waals surface area contributed by atoms with Crippen molar-refractivity contribution in [2.24, 2.45) is 0 Å². The van der Waals surface area contributed by atoms with Crippen molar-refractivity contribution < 1.29 is 4.39 Å². The third-order valence-electron chi connectivity index (χ3n) is 1.57. The van der Waals surface area contributed by atoms with Gasteiger partial charge in [-0.3, -0.25) is 0 Å². The van der Waals surface area contributed by atoms with Gasteiger partial charge in [-0.1, -0.05) is 6.07 Å². The highest BCUT2D eigenvalue weighted by atomic mass is 31.0. The maximum atomic E-state index is 12.8. The molecule has 0 saturated heterocycles. The highest BCUT2D eigenvalue weighted by Crippen LogP contribution is 2.10. The van der Waals surface area contributed by atoms with E-state index in [4.69, 9.17) is 5.26 Å². The summed E-state index contributed by atoms with van der Waals surface area (Å²) in [6.45, 7) is 1.73. The molecule has 0 aliphatic heterocycles. The van der Waals surface area contributed by atoms with Gasteiger partial charge >= 0.3 is 0 Å². The Hall–Kier alpha value is -0.930. The molecule has 0 N–H and O–H groups in total. The molecule has 1 unspecified atom stereocenters. The number of hydrogen-bond donors (Lipinski definition) is 0. The first kappa shape index (κ1) is 8.17. The third kappa shape index (κ3) is 1.39. The van der Waals surface area contributed by atoms with E-state index in [1.165, 1.54) is 6.07 Å². The molecule has 0 amide bonds. The van der Waals surface area contributed by atoms with E-state index in [1.807, 2.05) is 6.07 Å². The number of halogens is 1. The molecule has 0 aliphatic carbocycles. The average Bonchev–Trinajstić information content (AvgIpc) is 1.99. The lowest BCUT2D eigenvalue weighted by atomic mass is 10.1. The Labute approximate surface area is 67.0 Å². The normalized spacial score (nSPS) is 9.27. The molecule has 0 saturated carbocycles. The molecular formula is C8H7FNP. The van der Waals surface area contributed by atoms with Crippen LogP contribution in [0.3, 0.4) is 0 Å². The molecule has 3 heteroatoms. The summed E-state index contributed by atoms with van der Waals surface area (Å²) >= 11 is 0. The maximum absolute atomic E-state index is 12.8. The van der Waals surface area contributed by atoms with Gasteiger partial charge in [0.25, 0.3) is 0 Å². The number of nitrogens with zero attached hydrogens (tertiary/aromatic N) is 1. The minimum atomic E-state index is -0.448. The zero-order chi connectivity index (χ0) is 8.43. The van der Waals surface area contributed by atoms with Crippen LogP contribution in [0.4, 0.5) is 4.39 Å². The minimum Gasteiger partial charge on any atom is -0.206 e. The molecule has 1 nitrogen and oxygen atoms in total. The lowest BCUT2D eigenvalue weighted by Crippen LogP contribution is -2.01. The smallest absolute Gasteiger partial charge is 0.141 e. The van der Waals surface area contributed by atoms with Crippen molar-refractivity contribution in [1.82, 2.24) is 0 Å². The molecule has 11 heavy (non-hydrogen) atoms. The number of hydrogen-bond acceptors (Lipinski definition) is 1. The first-order valence-electron chi connectivity index (χ1n) is 3.11. The van der Waals surface area contributed by atoms with Crippen molar-refractivity contribution >= 4 is 14.5 Å². The van der Waals surface area contributed by atoms with Crippen molar-refractivity contribution in [2.75, 3.05) is 0 Å². The summed E-state index contributed by atoms with van der Waals surface area (Å²) in [5, 5.41) is 9.39. The SMILES string of the molecule is Cc1c(P)ccc(F)c1C#N. The van der Waals surface area contributed by atoms with E-state index in [9.17, 15) is 4.39 Å². The van der Waals surface area contributed by atoms with Crippen molar-refractivity contribution in [1.29, 1.82) is 5.26 Å². The van der Waals surface area contributed by atoms with E-state index in [0.29, 0.717) is 5.56 Å². The van der Waals surface area contributed by atoms with Crippen LogP contribution in [-0.2, 0) is 0 Å². The Balaban J connectivity index is 3.44. The number of nitriles is 1. The van der Waals surface area contributed by atoms with Gasteiger partial charge in [0.05, 0.1) is 5.56 Å². The molecule has 0 spiro atoms. The zero-order valence-electron chi connectivity index (χ0n) is 6.06. The Morgan fingerprint density at radius 1 is 1.55 bits per heavy atom. The van der Waals surface area contributed by atoms with Crippen LogP contribution in [0.2, 0.25) is 0 Å². The van der Waals surface area contributed by atoms with Gasteiger partial charge in [-0.25, -0.2) is 4.39 Å². The van der Waals surface area contributed by atoms with Crippen LogP contribution >= 0.6 is 9.24 Å². The van der Waals surface area contributed by atoms with Crippen molar-refractivity contribution in [3.05, 3.63) is 29.1 Å². The average molecular weight is 167 g/mol. The Morgan fingerprint density at radius 3 is 2.64 bits per heavy atom. The lowest BCUT2D eigenvalue weighted by molar-refractivity contribution is 0.623.